The van der Waals surface area contributed by atoms with Gasteiger partial charge < -0.3 is 10.6 Å². The third-order valence-electron chi connectivity index (χ3n) is 2.98. The molecule has 0 saturated carbocycles. The van der Waals surface area contributed by atoms with Gasteiger partial charge in [0.2, 0.25) is 5.91 Å². The van der Waals surface area contributed by atoms with Gasteiger partial charge in [0, 0.05) is 6.04 Å². The predicted molar refractivity (Wildman–Crippen MR) is 79.9 cm³/mol. The summed E-state index contributed by atoms with van der Waals surface area (Å²) in [7, 11) is 0. The Bertz CT molecular complexity index is 393. The molecule has 0 saturated heterocycles. The summed E-state index contributed by atoms with van der Waals surface area (Å²) in [6.45, 7) is 10.8. The van der Waals surface area contributed by atoms with Crippen LogP contribution < -0.4 is 10.6 Å². The Labute approximate surface area is 116 Å². The molecule has 1 unspecified atom stereocenters. The highest BCUT2D eigenvalue weighted by Gasteiger charge is 2.27. The van der Waals surface area contributed by atoms with Crippen LogP contribution in [-0.4, -0.2) is 18.5 Å². The lowest BCUT2D eigenvalue weighted by molar-refractivity contribution is -0.121. The van der Waals surface area contributed by atoms with Crippen molar-refractivity contribution < 1.29 is 4.79 Å². The molecule has 0 fully saturated rings. The molecule has 3 heteroatoms. The second-order valence-electron chi connectivity index (χ2n) is 6.31. The van der Waals surface area contributed by atoms with Crippen LogP contribution >= 0.6 is 0 Å². The van der Waals surface area contributed by atoms with Crippen molar-refractivity contribution in [2.45, 2.75) is 46.7 Å². The molecule has 1 rings (SSSR count). The SMILES string of the molecule is CC(C)NCC(=O)NC(c1ccccc1)C(C)(C)C. The van der Waals surface area contributed by atoms with Crippen LogP contribution in [0.5, 0.6) is 0 Å². The van der Waals surface area contributed by atoms with Crippen molar-refractivity contribution in [3.8, 4) is 0 Å². The summed E-state index contributed by atoms with van der Waals surface area (Å²) in [6, 6.07) is 10.5. The number of benzene rings is 1. The molecule has 1 aromatic carbocycles. The van der Waals surface area contributed by atoms with Gasteiger partial charge in [0.15, 0.2) is 0 Å². The molecular weight excluding hydrogens is 236 g/mol. The van der Waals surface area contributed by atoms with E-state index in [1.165, 1.54) is 0 Å². The van der Waals surface area contributed by atoms with E-state index in [1.54, 1.807) is 0 Å². The van der Waals surface area contributed by atoms with Crippen LogP contribution in [0.15, 0.2) is 30.3 Å². The van der Waals surface area contributed by atoms with Gasteiger partial charge in [-0.3, -0.25) is 4.79 Å². The first kappa shape index (κ1) is 15.7. The molecule has 1 aromatic rings. The molecule has 0 bridgehead atoms. The lowest BCUT2D eigenvalue weighted by Gasteiger charge is -2.32. The average molecular weight is 262 g/mol. The van der Waals surface area contributed by atoms with Gasteiger partial charge in [0.1, 0.15) is 0 Å². The minimum atomic E-state index is -0.0190. The van der Waals surface area contributed by atoms with E-state index in [1.807, 2.05) is 32.0 Å². The summed E-state index contributed by atoms with van der Waals surface area (Å²) in [5.74, 6) is 0.0393. The molecule has 19 heavy (non-hydrogen) atoms. The lowest BCUT2D eigenvalue weighted by atomic mass is 9.82. The van der Waals surface area contributed by atoms with Crippen LogP contribution in [-0.2, 0) is 4.79 Å². The second-order valence-corrected chi connectivity index (χ2v) is 6.31. The Balaban J connectivity index is 2.75. The zero-order chi connectivity index (χ0) is 14.5. The molecule has 0 aliphatic rings. The maximum absolute atomic E-state index is 12.0. The molecular formula is C16H26N2O. The topological polar surface area (TPSA) is 41.1 Å². The quantitative estimate of drug-likeness (QED) is 0.856. The van der Waals surface area contributed by atoms with Gasteiger partial charge in [0.05, 0.1) is 12.6 Å². The van der Waals surface area contributed by atoms with Gasteiger partial charge in [0.25, 0.3) is 0 Å². The van der Waals surface area contributed by atoms with E-state index in [0.717, 1.165) is 5.56 Å². The van der Waals surface area contributed by atoms with Gasteiger partial charge in [-0.15, -0.1) is 0 Å². The van der Waals surface area contributed by atoms with Crippen molar-refractivity contribution in [1.29, 1.82) is 0 Å². The first-order chi connectivity index (χ1) is 8.80. The monoisotopic (exact) mass is 262 g/mol. The molecule has 106 valence electrons. The van der Waals surface area contributed by atoms with E-state index in [-0.39, 0.29) is 17.4 Å². The molecule has 3 nitrogen and oxygen atoms in total. The minimum Gasteiger partial charge on any atom is -0.348 e. The van der Waals surface area contributed by atoms with E-state index >= 15 is 0 Å². The normalized spacial score (nSPS) is 13.4. The number of hydrogen-bond acceptors (Lipinski definition) is 2. The highest BCUT2D eigenvalue weighted by molar-refractivity contribution is 5.78. The molecule has 0 aliphatic heterocycles. The van der Waals surface area contributed by atoms with Crippen LogP contribution in [0.25, 0.3) is 0 Å². The fraction of sp³-hybridized carbons (Fsp3) is 0.562. The summed E-state index contributed by atoms with van der Waals surface area (Å²) >= 11 is 0. The van der Waals surface area contributed by atoms with E-state index in [9.17, 15) is 4.79 Å². The smallest absolute Gasteiger partial charge is 0.234 e. The van der Waals surface area contributed by atoms with Crippen molar-refractivity contribution in [2.75, 3.05) is 6.54 Å². The van der Waals surface area contributed by atoms with Gasteiger partial charge in [-0.1, -0.05) is 65.0 Å². The largest absolute Gasteiger partial charge is 0.348 e. The van der Waals surface area contributed by atoms with E-state index in [0.29, 0.717) is 12.6 Å². The van der Waals surface area contributed by atoms with E-state index < -0.39 is 0 Å². The number of nitrogens with one attached hydrogen (secondary N) is 2. The van der Waals surface area contributed by atoms with Crippen LogP contribution in [0.1, 0.15) is 46.2 Å². The molecule has 2 N–H and O–H groups in total. The number of amides is 1. The van der Waals surface area contributed by atoms with Crippen LogP contribution in [0.4, 0.5) is 0 Å². The summed E-state index contributed by atoms with van der Waals surface area (Å²) in [4.78, 5) is 12.0. The summed E-state index contributed by atoms with van der Waals surface area (Å²) < 4.78 is 0. The summed E-state index contributed by atoms with van der Waals surface area (Å²) in [5, 5.41) is 6.27. The Morgan fingerprint density at radius 1 is 1.16 bits per heavy atom. The zero-order valence-electron chi connectivity index (χ0n) is 12.7. The second kappa shape index (κ2) is 6.71. The lowest BCUT2D eigenvalue weighted by Crippen LogP contribution is -2.42. The van der Waals surface area contributed by atoms with Crippen molar-refractivity contribution in [1.82, 2.24) is 10.6 Å². The number of rotatable bonds is 5. The molecule has 1 atom stereocenters. The molecule has 0 radical (unpaired) electrons. The standard InChI is InChI=1S/C16H26N2O/c1-12(2)17-11-14(19)18-15(16(3,4)5)13-9-7-6-8-10-13/h6-10,12,15,17H,11H2,1-5H3,(H,18,19). The molecule has 1 amide bonds. The van der Waals surface area contributed by atoms with Crippen molar-refractivity contribution >= 4 is 5.91 Å². The molecule has 0 spiro atoms. The molecule has 0 heterocycles. The predicted octanol–water partition coefficient (Wildman–Crippen LogP) is 2.89. The third-order valence-corrected chi connectivity index (χ3v) is 2.98. The highest BCUT2D eigenvalue weighted by Crippen LogP contribution is 2.32. The fourth-order valence-electron chi connectivity index (χ4n) is 1.95. The third kappa shape index (κ3) is 5.43. The Morgan fingerprint density at radius 2 is 1.74 bits per heavy atom. The van der Waals surface area contributed by atoms with Gasteiger partial charge >= 0.3 is 0 Å². The van der Waals surface area contributed by atoms with Crippen LogP contribution in [0.2, 0.25) is 0 Å². The fourth-order valence-corrected chi connectivity index (χ4v) is 1.95. The van der Waals surface area contributed by atoms with Crippen molar-refractivity contribution in [3.63, 3.8) is 0 Å². The van der Waals surface area contributed by atoms with Crippen LogP contribution in [0, 0.1) is 5.41 Å². The molecule has 0 aromatic heterocycles. The maximum atomic E-state index is 12.0. The average Bonchev–Trinajstić information content (AvgIpc) is 2.33. The van der Waals surface area contributed by atoms with Crippen molar-refractivity contribution in [2.24, 2.45) is 5.41 Å². The molecule has 0 aliphatic carbocycles. The highest BCUT2D eigenvalue weighted by atomic mass is 16.2. The van der Waals surface area contributed by atoms with Gasteiger partial charge in [-0.25, -0.2) is 0 Å². The maximum Gasteiger partial charge on any atom is 0.234 e. The summed E-state index contributed by atoms with van der Waals surface area (Å²) in [6.07, 6.45) is 0. The Morgan fingerprint density at radius 3 is 2.21 bits per heavy atom. The number of carbonyl (C=O) groups excluding carboxylic acids is 1. The van der Waals surface area contributed by atoms with Gasteiger partial charge in [-0.2, -0.15) is 0 Å². The summed E-state index contributed by atoms with van der Waals surface area (Å²) in [5.41, 5.74) is 1.13. The van der Waals surface area contributed by atoms with E-state index in [2.05, 4.69) is 43.5 Å². The number of carbonyl (C=O) groups is 1. The van der Waals surface area contributed by atoms with Crippen LogP contribution in [0.3, 0.4) is 0 Å². The Kier molecular flexibility index (Phi) is 5.55. The minimum absolute atomic E-state index is 0.0190. The number of hydrogen-bond donors (Lipinski definition) is 2. The van der Waals surface area contributed by atoms with Crippen molar-refractivity contribution in [3.05, 3.63) is 35.9 Å². The first-order valence-corrected chi connectivity index (χ1v) is 6.88. The Hall–Kier alpha value is -1.35. The first-order valence-electron chi connectivity index (χ1n) is 6.88. The van der Waals surface area contributed by atoms with Gasteiger partial charge in [-0.05, 0) is 11.0 Å². The van der Waals surface area contributed by atoms with E-state index in [4.69, 9.17) is 0 Å². The zero-order valence-corrected chi connectivity index (χ0v) is 12.7.